The van der Waals surface area contributed by atoms with E-state index < -0.39 is 5.60 Å². The Morgan fingerprint density at radius 3 is 2.32 bits per heavy atom. The van der Waals surface area contributed by atoms with Crippen molar-refractivity contribution in [3.05, 3.63) is 28.8 Å². The molecule has 4 nitrogen and oxygen atoms in total. The van der Waals surface area contributed by atoms with E-state index in [0.717, 1.165) is 42.8 Å². The highest BCUT2D eigenvalue weighted by atomic mass is 16.5. The van der Waals surface area contributed by atoms with E-state index in [2.05, 4.69) is 13.0 Å². The highest BCUT2D eigenvalue weighted by Crippen LogP contribution is 2.30. The number of piperidine rings is 1. The molecule has 1 amide bonds. The van der Waals surface area contributed by atoms with Gasteiger partial charge in [0.1, 0.15) is 5.75 Å². The summed E-state index contributed by atoms with van der Waals surface area (Å²) in [6, 6.07) is 4.34. The van der Waals surface area contributed by atoms with Crippen LogP contribution < -0.4 is 10.5 Å². The molecule has 2 rings (SSSR count). The standard InChI is InChI=1S/C18H28N2O2/c1-12-6-7-13(2)16(14(12)3)22-18(4,5)17(21)20-10-8-15(19)9-11-20/h6-7,15H,8-11,19H2,1-5H3. The van der Waals surface area contributed by atoms with Crippen LogP contribution in [0, 0.1) is 20.8 Å². The molecule has 0 unspecified atom stereocenters. The summed E-state index contributed by atoms with van der Waals surface area (Å²) in [6.45, 7) is 11.3. The molecule has 1 fully saturated rings. The molecule has 1 aromatic carbocycles. The van der Waals surface area contributed by atoms with E-state index in [1.807, 2.05) is 38.7 Å². The van der Waals surface area contributed by atoms with Crippen LogP contribution in [0.3, 0.4) is 0 Å². The zero-order valence-electron chi connectivity index (χ0n) is 14.4. The topological polar surface area (TPSA) is 55.6 Å². The molecular weight excluding hydrogens is 276 g/mol. The van der Waals surface area contributed by atoms with Gasteiger partial charge in [-0.05, 0) is 64.2 Å². The van der Waals surface area contributed by atoms with Crippen LogP contribution in [0.1, 0.15) is 43.4 Å². The summed E-state index contributed by atoms with van der Waals surface area (Å²) in [5, 5.41) is 0. The van der Waals surface area contributed by atoms with Gasteiger partial charge in [-0.1, -0.05) is 12.1 Å². The summed E-state index contributed by atoms with van der Waals surface area (Å²) in [6.07, 6.45) is 1.73. The fraction of sp³-hybridized carbons (Fsp3) is 0.611. The van der Waals surface area contributed by atoms with E-state index in [9.17, 15) is 4.79 Å². The van der Waals surface area contributed by atoms with Crippen LogP contribution >= 0.6 is 0 Å². The average Bonchev–Trinajstić information content (AvgIpc) is 2.48. The highest BCUT2D eigenvalue weighted by Gasteiger charge is 2.36. The number of amides is 1. The lowest BCUT2D eigenvalue weighted by molar-refractivity contribution is -0.146. The van der Waals surface area contributed by atoms with Crippen molar-refractivity contribution >= 4 is 5.91 Å². The Labute approximate surface area is 133 Å². The second-order valence-corrected chi connectivity index (χ2v) is 6.90. The number of ether oxygens (including phenoxy) is 1. The lowest BCUT2D eigenvalue weighted by Crippen LogP contribution is -2.52. The van der Waals surface area contributed by atoms with Crippen molar-refractivity contribution in [1.29, 1.82) is 0 Å². The van der Waals surface area contributed by atoms with Crippen molar-refractivity contribution in [2.45, 2.75) is 59.1 Å². The van der Waals surface area contributed by atoms with Gasteiger partial charge in [-0.3, -0.25) is 4.79 Å². The van der Waals surface area contributed by atoms with Crippen molar-refractivity contribution in [2.24, 2.45) is 5.73 Å². The van der Waals surface area contributed by atoms with Crippen molar-refractivity contribution in [2.75, 3.05) is 13.1 Å². The normalized spacial score (nSPS) is 16.7. The van der Waals surface area contributed by atoms with Gasteiger partial charge in [0.15, 0.2) is 5.60 Å². The number of hydrogen-bond acceptors (Lipinski definition) is 3. The van der Waals surface area contributed by atoms with Gasteiger partial charge in [-0.2, -0.15) is 0 Å². The number of aryl methyl sites for hydroxylation is 2. The summed E-state index contributed by atoms with van der Waals surface area (Å²) < 4.78 is 6.16. The van der Waals surface area contributed by atoms with Crippen LogP contribution in [0.4, 0.5) is 0 Å². The minimum Gasteiger partial charge on any atom is -0.477 e. The Bertz CT molecular complexity index is 558. The number of rotatable bonds is 3. The molecule has 1 saturated heterocycles. The van der Waals surface area contributed by atoms with Gasteiger partial charge in [0.05, 0.1) is 0 Å². The summed E-state index contributed by atoms with van der Waals surface area (Å²) in [5.74, 6) is 0.867. The SMILES string of the molecule is Cc1ccc(C)c(OC(C)(C)C(=O)N2CCC(N)CC2)c1C. The molecule has 0 bridgehead atoms. The largest absolute Gasteiger partial charge is 0.477 e. The van der Waals surface area contributed by atoms with E-state index in [0.29, 0.717) is 0 Å². The van der Waals surface area contributed by atoms with Gasteiger partial charge in [-0.25, -0.2) is 0 Å². The second kappa shape index (κ2) is 6.29. The zero-order chi connectivity index (χ0) is 16.5. The Balaban J connectivity index is 2.17. The molecule has 1 aliphatic rings. The van der Waals surface area contributed by atoms with Crippen LogP contribution in [-0.4, -0.2) is 35.5 Å². The lowest BCUT2D eigenvalue weighted by atomic mass is 10.0. The number of nitrogens with zero attached hydrogens (tertiary/aromatic N) is 1. The smallest absolute Gasteiger partial charge is 0.266 e. The van der Waals surface area contributed by atoms with Crippen LogP contribution in [0.15, 0.2) is 12.1 Å². The minimum atomic E-state index is -0.870. The predicted octanol–water partition coefficient (Wildman–Crippen LogP) is 2.72. The molecule has 1 aliphatic heterocycles. The van der Waals surface area contributed by atoms with Gasteiger partial charge < -0.3 is 15.4 Å². The summed E-state index contributed by atoms with van der Waals surface area (Å²) >= 11 is 0. The average molecular weight is 304 g/mol. The van der Waals surface area contributed by atoms with Gasteiger partial charge >= 0.3 is 0 Å². The third-order valence-corrected chi connectivity index (χ3v) is 4.57. The Morgan fingerprint density at radius 1 is 1.18 bits per heavy atom. The Kier molecular flexibility index (Phi) is 4.81. The summed E-state index contributed by atoms with van der Waals surface area (Å²) in [7, 11) is 0. The first-order chi connectivity index (χ1) is 10.2. The lowest BCUT2D eigenvalue weighted by Gasteiger charge is -2.36. The molecule has 0 spiro atoms. The Hall–Kier alpha value is -1.55. The van der Waals surface area contributed by atoms with Crippen molar-refractivity contribution in [1.82, 2.24) is 4.90 Å². The van der Waals surface area contributed by atoms with E-state index in [1.165, 1.54) is 5.56 Å². The minimum absolute atomic E-state index is 0.0414. The van der Waals surface area contributed by atoms with E-state index in [-0.39, 0.29) is 11.9 Å². The predicted molar refractivity (Wildman–Crippen MR) is 89.1 cm³/mol. The monoisotopic (exact) mass is 304 g/mol. The van der Waals surface area contributed by atoms with Gasteiger partial charge in [0.25, 0.3) is 5.91 Å². The van der Waals surface area contributed by atoms with Crippen LogP contribution in [0.2, 0.25) is 0 Å². The molecule has 0 aliphatic carbocycles. The number of likely N-dealkylation sites (tertiary alicyclic amines) is 1. The van der Waals surface area contributed by atoms with Gasteiger partial charge in [-0.15, -0.1) is 0 Å². The van der Waals surface area contributed by atoms with Crippen molar-refractivity contribution in [3.8, 4) is 5.75 Å². The van der Waals surface area contributed by atoms with E-state index >= 15 is 0 Å². The summed E-state index contributed by atoms with van der Waals surface area (Å²) in [4.78, 5) is 14.7. The number of nitrogens with two attached hydrogens (primary N) is 1. The molecule has 0 aromatic heterocycles. The fourth-order valence-electron chi connectivity index (χ4n) is 2.86. The van der Waals surface area contributed by atoms with E-state index in [1.54, 1.807) is 0 Å². The molecule has 0 radical (unpaired) electrons. The first-order valence-electron chi connectivity index (χ1n) is 8.03. The maximum absolute atomic E-state index is 12.8. The van der Waals surface area contributed by atoms with Gasteiger partial charge in [0, 0.05) is 19.1 Å². The molecule has 4 heteroatoms. The first kappa shape index (κ1) is 16.8. The molecule has 2 N–H and O–H groups in total. The second-order valence-electron chi connectivity index (χ2n) is 6.90. The Morgan fingerprint density at radius 2 is 1.73 bits per heavy atom. The first-order valence-corrected chi connectivity index (χ1v) is 8.03. The quantitative estimate of drug-likeness (QED) is 0.934. The van der Waals surface area contributed by atoms with Crippen LogP contribution in [0.25, 0.3) is 0 Å². The number of carbonyl (C=O) groups is 1. The molecular formula is C18H28N2O2. The molecule has 0 atom stereocenters. The highest BCUT2D eigenvalue weighted by molar-refractivity contribution is 5.85. The molecule has 0 saturated carbocycles. The molecule has 22 heavy (non-hydrogen) atoms. The number of benzene rings is 1. The number of carbonyl (C=O) groups excluding carboxylic acids is 1. The molecule has 1 aromatic rings. The third kappa shape index (κ3) is 3.43. The van der Waals surface area contributed by atoms with Crippen molar-refractivity contribution < 1.29 is 9.53 Å². The maximum Gasteiger partial charge on any atom is 0.266 e. The summed E-state index contributed by atoms with van der Waals surface area (Å²) in [5.41, 5.74) is 8.38. The third-order valence-electron chi connectivity index (χ3n) is 4.57. The van der Waals surface area contributed by atoms with Crippen LogP contribution in [-0.2, 0) is 4.79 Å². The van der Waals surface area contributed by atoms with Crippen LogP contribution in [0.5, 0.6) is 5.75 Å². The maximum atomic E-state index is 12.8. The fourth-order valence-corrected chi connectivity index (χ4v) is 2.86. The molecule has 1 heterocycles. The zero-order valence-corrected chi connectivity index (χ0v) is 14.4. The van der Waals surface area contributed by atoms with Gasteiger partial charge in [0.2, 0.25) is 0 Å². The molecule has 122 valence electrons. The van der Waals surface area contributed by atoms with E-state index in [4.69, 9.17) is 10.5 Å². The number of hydrogen-bond donors (Lipinski definition) is 1. The van der Waals surface area contributed by atoms with Crippen molar-refractivity contribution in [3.63, 3.8) is 0 Å².